The number of likely N-dealkylation sites (N-methyl/N-ethyl adjacent to an activating group) is 1. The van der Waals surface area contributed by atoms with Crippen LogP contribution in [0.2, 0.25) is 0 Å². The Labute approximate surface area is 182 Å². The minimum Gasteiger partial charge on any atom is -0.340 e. The van der Waals surface area contributed by atoms with Crippen LogP contribution in [-0.2, 0) is 14.8 Å². The molecule has 1 fully saturated rings. The predicted molar refractivity (Wildman–Crippen MR) is 121 cm³/mol. The Balaban J connectivity index is 2.08. The predicted octanol–water partition coefficient (Wildman–Crippen LogP) is 1.78. The highest BCUT2D eigenvalue weighted by Gasteiger charge is 2.30. The molecule has 1 saturated heterocycles. The zero-order valence-electron chi connectivity index (χ0n) is 19.1. The van der Waals surface area contributed by atoms with Crippen LogP contribution in [0, 0.1) is 12.8 Å². The van der Waals surface area contributed by atoms with E-state index in [0.717, 1.165) is 38.2 Å². The van der Waals surface area contributed by atoms with Crippen LogP contribution in [-0.4, -0.2) is 88.4 Å². The van der Waals surface area contributed by atoms with E-state index in [0.29, 0.717) is 19.5 Å². The van der Waals surface area contributed by atoms with E-state index in [4.69, 9.17) is 0 Å². The van der Waals surface area contributed by atoms with E-state index >= 15 is 0 Å². The first kappa shape index (κ1) is 24.8. The molecule has 1 N–H and O–H groups in total. The summed E-state index contributed by atoms with van der Waals surface area (Å²) in [5, 5.41) is 0. The second-order valence-electron chi connectivity index (χ2n) is 8.94. The van der Waals surface area contributed by atoms with E-state index in [2.05, 4.69) is 28.6 Å². The molecule has 1 atom stereocenters. The topological polar surface area (TPSA) is 73.0 Å². The van der Waals surface area contributed by atoms with Gasteiger partial charge in [-0.15, -0.1) is 0 Å². The zero-order chi connectivity index (χ0) is 22.3. The lowest BCUT2D eigenvalue weighted by Crippen LogP contribution is -2.50. The van der Waals surface area contributed by atoms with Crippen molar-refractivity contribution in [3.05, 3.63) is 29.8 Å². The molecule has 0 bridgehead atoms. The Morgan fingerprint density at radius 3 is 2.37 bits per heavy atom. The van der Waals surface area contributed by atoms with Crippen LogP contribution in [0.4, 0.5) is 0 Å². The summed E-state index contributed by atoms with van der Waals surface area (Å²) in [6.07, 6.45) is 1.38. The number of hydrogen-bond donors (Lipinski definition) is 1. The molecule has 0 aromatic heterocycles. The summed E-state index contributed by atoms with van der Waals surface area (Å²) >= 11 is 0. The maximum atomic E-state index is 13.3. The van der Waals surface area contributed by atoms with Crippen molar-refractivity contribution in [1.29, 1.82) is 0 Å². The third-order valence-electron chi connectivity index (χ3n) is 5.40. The molecule has 1 aliphatic rings. The summed E-state index contributed by atoms with van der Waals surface area (Å²) in [7, 11) is 0.363. The van der Waals surface area contributed by atoms with Gasteiger partial charge in [0.2, 0.25) is 15.9 Å². The summed E-state index contributed by atoms with van der Waals surface area (Å²) in [4.78, 5) is 19.9. The quantitative estimate of drug-likeness (QED) is 0.636. The lowest BCUT2D eigenvalue weighted by Gasteiger charge is -2.28. The van der Waals surface area contributed by atoms with E-state index < -0.39 is 16.1 Å². The van der Waals surface area contributed by atoms with Crippen LogP contribution in [0.3, 0.4) is 0 Å². The number of amides is 1. The van der Waals surface area contributed by atoms with Crippen molar-refractivity contribution in [2.24, 2.45) is 5.92 Å². The largest absolute Gasteiger partial charge is 0.340 e. The lowest BCUT2D eigenvalue weighted by atomic mass is 10.0. The fraction of sp³-hybridized carbons (Fsp3) is 0.682. The smallest absolute Gasteiger partial charge is 0.241 e. The van der Waals surface area contributed by atoms with Crippen molar-refractivity contribution in [3.8, 4) is 0 Å². The van der Waals surface area contributed by atoms with Crippen LogP contribution >= 0.6 is 0 Å². The highest BCUT2D eigenvalue weighted by atomic mass is 32.2. The van der Waals surface area contributed by atoms with Gasteiger partial charge in [0, 0.05) is 32.7 Å². The molecule has 7 nitrogen and oxygen atoms in total. The fourth-order valence-corrected chi connectivity index (χ4v) is 4.82. The molecular weight excluding hydrogens is 400 g/mol. The molecule has 0 spiro atoms. The molecule has 1 aromatic rings. The monoisotopic (exact) mass is 438 g/mol. The molecule has 1 amide bonds. The summed E-state index contributed by atoms with van der Waals surface area (Å²) in [6.45, 7) is 11.0. The summed E-state index contributed by atoms with van der Waals surface area (Å²) in [5.41, 5.74) is 0.993. The van der Waals surface area contributed by atoms with Gasteiger partial charge in [0.15, 0.2) is 0 Å². The van der Waals surface area contributed by atoms with Crippen molar-refractivity contribution in [2.75, 3.05) is 53.4 Å². The summed E-state index contributed by atoms with van der Waals surface area (Å²) in [6, 6.07) is 5.96. The molecule has 170 valence electrons. The molecule has 0 saturated carbocycles. The number of nitrogens with zero attached hydrogens (tertiary/aromatic N) is 3. The van der Waals surface area contributed by atoms with Gasteiger partial charge in [0.05, 0.1) is 4.90 Å². The molecule has 1 aromatic carbocycles. The minimum atomic E-state index is -3.76. The maximum absolute atomic E-state index is 13.3. The first-order chi connectivity index (χ1) is 14.1. The average Bonchev–Trinajstić information content (AvgIpc) is 2.90. The van der Waals surface area contributed by atoms with Gasteiger partial charge in [-0.25, -0.2) is 8.42 Å². The number of sulfonamides is 1. The van der Waals surface area contributed by atoms with Crippen LogP contribution < -0.4 is 4.72 Å². The van der Waals surface area contributed by atoms with Crippen LogP contribution in [0.15, 0.2) is 29.2 Å². The van der Waals surface area contributed by atoms with Crippen molar-refractivity contribution in [2.45, 2.75) is 44.6 Å². The second-order valence-corrected chi connectivity index (χ2v) is 10.7. The molecule has 2 rings (SSSR count). The highest BCUT2D eigenvalue weighted by molar-refractivity contribution is 7.89. The van der Waals surface area contributed by atoms with Gasteiger partial charge in [-0.2, -0.15) is 4.72 Å². The van der Waals surface area contributed by atoms with Gasteiger partial charge in [-0.3, -0.25) is 4.79 Å². The lowest BCUT2D eigenvalue weighted by molar-refractivity contribution is -0.133. The SMILES string of the molecule is Cc1ccc(S(=O)(=O)NC(CC(C)C)C(=O)N2CCCN(CCN(C)C)CC2)cc1. The van der Waals surface area contributed by atoms with Crippen LogP contribution in [0.25, 0.3) is 0 Å². The number of carbonyl (C=O) groups excluding carboxylic acids is 1. The Morgan fingerprint density at radius 1 is 1.10 bits per heavy atom. The van der Waals surface area contributed by atoms with Crippen molar-refractivity contribution in [3.63, 3.8) is 0 Å². The van der Waals surface area contributed by atoms with Gasteiger partial charge >= 0.3 is 0 Å². The van der Waals surface area contributed by atoms with E-state index in [1.807, 2.05) is 25.7 Å². The molecule has 8 heteroatoms. The first-order valence-corrected chi connectivity index (χ1v) is 12.3. The third kappa shape index (κ3) is 7.65. The normalized spacial score (nSPS) is 17.4. The molecule has 30 heavy (non-hydrogen) atoms. The number of benzene rings is 1. The molecule has 1 unspecified atom stereocenters. The van der Waals surface area contributed by atoms with Crippen LogP contribution in [0.5, 0.6) is 0 Å². The molecule has 1 aliphatic heterocycles. The van der Waals surface area contributed by atoms with Crippen LogP contribution in [0.1, 0.15) is 32.3 Å². The van der Waals surface area contributed by atoms with Gasteiger partial charge in [-0.1, -0.05) is 31.5 Å². The first-order valence-electron chi connectivity index (χ1n) is 10.8. The number of carbonyl (C=O) groups is 1. The third-order valence-corrected chi connectivity index (χ3v) is 6.89. The maximum Gasteiger partial charge on any atom is 0.241 e. The molecule has 1 heterocycles. The van der Waals surface area contributed by atoms with Crippen molar-refractivity contribution >= 4 is 15.9 Å². The van der Waals surface area contributed by atoms with Gasteiger partial charge in [0.25, 0.3) is 0 Å². The van der Waals surface area contributed by atoms with Gasteiger partial charge < -0.3 is 14.7 Å². The Hall–Kier alpha value is -1.48. The Kier molecular flexibility index (Phi) is 9.28. The summed E-state index contributed by atoms with van der Waals surface area (Å²) in [5.74, 6) is 0.0806. The Bertz CT molecular complexity index is 778. The number of hydrogen-bond acceptors (Lipinski definition) is 5. The van der Waals surface area contributed by atoms with E-state index in [9.17, 15) is 13.2 Å². The average molecular weight is 439 g/mol. The zero-order valence-corrected chi connectivity index (χ0v) is 19.9. The minimum absolute atomic E-state index is 0.117. The number of rotatable bonds is 9. The van der Waals surface area contributed by atoms with E-state index in [1.165, 1.54) is 0 Å². The van der Waals surface area contributed by atoms with E-state index in [1.54, 1.807) is 24.3 Å². The second kappa shape index (κ2) is 11.2. The van der Waals surface area contributed by atoms with E-state index in [-0.39, 0.29) is 16.7 Å². The highest BCUT2D eigenvalue weighted by Crippen LogP contribution is 2.16. The van der Waals surface area contributed by atoms with Gasteiger partial charge in [-0.05, 0) is 58.5 Å². The van der Waals surface area contributed by atoms with Crippen molar-refractivity contribution < 1.29 is 13.2 Å². The fourth-order valence-electron chi connectivity index (χ4n) is 3.62. The molecule has 0 radical (unpaired) electrons. The molecule has 0 aliphatic carbocycles. The number of nitrogens with one attached hydrogen (secondary N) is 1. The number of aryl methyl sites for hydroxylation is 1. The van der Waals surface area contributed by atoms with Gasteiger partial charge in [0.1, 0.15) is 6.04 Å². The summed E-state index contributed by atoms with van der Waals surface area (Å²) < 4.78 is 28.5. The molecular formula is C22H38N4O3S. The standard InChI is InChI=1S/C22H38N4O3S/c1-18(2)17-21(23-30(28,29)20-9-7-19(3)8-10-20)22(27)26-12-6-11-25(15-16-26)14-13-24(4)5/h7-10,18,21,23H,6,11-17H2,1-5H3. The Morgan fingerprint density at radius 2 is 1.77 bits per heavy atom. The van der Waals surface area contributed by atoms with Crippen molar-refractivity contribution in [1.82, 2.24) is 19.4 Å².